The number of hydrogen-bond donors (Lipinski definition) is 2. The molecule has 2 aromatic rings. The lowest BCUT2D eigenvalue weighted by Gasteiger charge is -2.32. The van der Waals surface area contributed by atoms with Gasteiger partial charge in [-0.25, -0.2) is 0 Å². The van der Waals surface area contributed by atoms with Crippen molar-refractivity contribution in [3.63, 3.8) is 0 Å². The molecule has 1 aliphatic carbocycles. The number of phenols is 2. The van der Waals surface area contributed by atoms with Gasteiger partial charge in [0.2, 0.25) is 0 Å². The number of hydrogen-bond acceptors (Lipinski definition) is 4. The normalized spacial score (nSPS) is 18.1. The van der Waals surface area contributed by atoms with E-state index in [0.29, 0.717) is 17.5 Å². The first-order valence-corrected chi connectivity index (χ1v) is 11.3. The van der Waals surface area contributed by atoms with Gasteiger partial charge in [-0.1, -0.05) is 53.6 Å². The third kappa shape index (κ3) is 4.74. The highest BCUT2D eigenvalue weighted by Gasteiger charge is 2.36. The molecule has 2 N–H and O–H groups in total. The highest BCUT2D eigenvalue weighted by Crippen LogP contribution is 2.46. The van der Waals surface area contributed by atoms with Gasteiger partial charge in [-0.2, -0.15) is 0 Å². The van der Waals surface area contributed by atoms with Crippen LogP contribution in [0.25, 0.3) is 0 Å². The fourth-order valence-corrected chi connectivity index (χ4v) is 4.71. The topological polar surface area (TPSA) is 66.8 Å². The zero-order valence-corrected chi connectivity index (χ0v) is 19.7. The highest BCUT2D eigenvalue weighted by atomic mass is 16.5. The van der Waals surface area contributed by atoms with Gasteiger partial charge in [0.1, 0.15) is 22.8 Å². The zero-order valence-electron chi connectivity index (χ0n) is 19.7. The third-order valence-electron chi connectivity index (χ3n) is 6.53. The summed E-state index contributed by atoms with van der Waals surface area (Å²) in [5.74, 6) is -0.415. The molecule has 2 aromatic carbocycles. The molecule has 0 amide bonds. The van der Waals surface area contributed by atoms with Crippen molar-refractivity contribution in [1.29, 1.82) is 0 Å². The molecule has 0 bridgehead atoms. The fraction of sp³-hybridized carbons (Fsp3) is 0.393. The lowest BCUT2D eigenvalue weighted by Crippen LogP contribution is -2.26. The molecule has 0 saturated carbocycles. The van der Waals surface area contributed by atoms with Crippen LogP contribution in [0.4, 0.5) is 0 Å². The molecule has 4 heteroatoms. The number of benzene rings is 2. The van der Waals surface area contributed by atoms with E-state index >= 15 is 0 Å². The zero-order chi connectivity index (χ0) is 23.4. The first-order chi connectivity index (χ1) is 15.3. The maximum absolute atomic E-state index is 13.8. The van der Waals surface area contributed by atoms with E-state index in [1.807, 2.05) is 18.2 Å². The van der Waals surface area contributed by atoms with Crippen LogP contribution in [0.5, 0.6) is 17.2 Å². The lowest BCUT2D eigenvalue weighted by molar-refractivity contribution is 0.0889. The predicted molar refractivity (Wildman–Crippen MR) is 129 cm³/mol. The number of ketones is 1. The Balaban J connectivity index is 2.02. The Labute approximate surface area is 191 Å². The van der Waals surface area contributed by atoms with Crippen molar-refractivity contribution in [2.45, 2.75) is 59.3 Å². The summed E-state index contributed by atoms with van der Waals surface area (Å²) in [4.78, 5) is 13.8. The van der Waals surface area contributed by atoms with Crippen LogP contribution in [-0.2, 0) is 0 Å². The minimum atomic E-state index is -0.312. The number of methoxy groups -OCH3 is 1. The van der Waals surface area contributed by atoms with Crippen LogP contribution >= 0.6 is 0 Å². The molecule has 0 heterocycles. The molecular formula is C28H34O4. The van der Waals surface area contributed by atoms with Gasteiger partial charge in [-0.15, -0.1) is 0 Å². The summed E-state index contributed by atoms with van der Waals surface area (Å²) in [7, 11) is 1.46. The number of allylic oxidation sites excluding steroid dienone is 4. The Morgan fingerprint density at radius 3 is 2.41 bits per heavy atom. The van der Waals surface area contributed by atoms with E-state index in [1.165, 1.54) is 18.3 Å². The van der Waals surface area contributed by atoms with E-state index in [9.17, 15) is 15.0 Å². The van der Waals surface area contributed by atoms with Gasteiger partial charge in [0.25, 0.3) is 0 Å². The average molecular weight is 435 g/mol. The summed E-state index contributed by atoms with van der Waals surface area (Å²) in [6, 6.07) is 10.1. The van der Waals surface area contributed by atoms with Crippen LogP contribution < -0.4 is 4.74 Å². The minimum absolute atomic E-state index is 0.0222. The highest BCUT2D eigenvalue weighted by molar-refractivity contribution is 6.04. The maximum atomic E-state index is 13.8. The fourth-order valence-electron chi connectivity index (χ4n) is 4.71. The minimum Gasteiger partial charge on any atom is -0.507 e. The van der Waals surface area contributed by atoms with E-state index in [2.05, 4.69) is 38.1 Å². The van der Waals surface area contributed by atoms with E-state index < -0.39 is 0 Å². The van der Waals surface area contributed by atoms with Crippen LogP contribution in [0.2, 0.25) is 0 Å². The van der Waals surface area contributed by atoms with Gasteiger partial charge in [0.15, 0.2) is 5.78 Å². The Morgan fingerprint density at radius 1 is 1.09 bits per heavy atom. The van der Waals surface area contributed by atoms with Crippen molar-refractivity contribution in [2.24, 2.45) is 5.92 Å². The van der Waals surface area contributed by atoms with Crippen molar-refractivity contribution in [3.05, 3.63) is 75.9 Å². The number of carbonyl (C=O) groups is 1. The summed E-state index contributed by atoms with van der Waals surface area (Å²) in [6.07, 6.45) is 7.87. The predicted octanol–water partition coefficient (Wildman–Crippen LogP) is 6.77. The number of aromatic hydroxyl groups is 2. The van der Waals surface area contributed by atoms with Gasteiger partial charge < -0.3 is 14.9 Å². The molecule has 1 aliphatic rings. The van der Waals surface area contributed by atoms with E-state index in [-0.39, 0.29) is 40.4 Å². The monoisotopic (exact) mass is 434 g/mol. The first kappa shape index (κ1) is 23.6. The second-order valence-corrected chi connectivity index (χ2v) is 8.97. The standard InChI is InChI=1S/C28H34O4/c1-17(2)10-9-11-20-14-15-22(23(16-20)21-12-7-6-8-13-21)27(31)24-26(30)18(3)25(29)19(4)28(24)32-5/h6-8,10,12-14,22-23,29-30H,9,11,15-16H2,1-5H3. The van der Waals surface area contributed by atoms with E-state index in [1.54, 1.807) is 13.8 Å². The van der Waals surface area contributed by atoms with Gasteiger partial charge in [0, 0.05) is 17.0 Å². The van der Waals surface area contributed by atoms with Crippen molar-refractivity contribution in [3.8, 4) is 17.2 Å². The molecule has 170 valence electrons. The number of rotatable bonds is 7. The molecule has 0 radical (unpaired) electrons. The average Bonchev–Trinajstić information content (AvgIpc) is 2.79. The van der Waals surface area contributed by atoms with Crippen LogP contribution in [0.1, 0.15) is 72.5 Å². The Kier molecular flexibility index (Phi) is 7.44. The Bertz CT molecular complexity index is 1040. The molecule has 0 spiro atoms. The second kappa shape index (κ2) is 10.1. The Hall–Kier alpha value is -3.01. The third-order valence-corrected chi connectivity index (χ3v) is 6.53. The SMILES string of the molecule is COc1c(C)c(O)c(C)c(O)c1C(=O)C1CC=C(CCC=C(C)C)CC1c1ccccc1. The number of phenolic OH excluding ortho intramolecular Hbond substituents is 2. The lowest BCUT2D eigenvalue weighted by atomic mass is 9.71. The molecule has 32 heavy (non-hydrogen) atoms. The Morgan fingerprint density at radius 2 is 1.78 bits per heavy atom. The summed E-state index contributed by atoms with van der Waals surface area (Å²) in [6.45, 7) is 7.54. The van der Waals surface area contributed by atoms with Gasteiger partial charge in [-0.3, -0.25) is 4.79 Å². The van der Waals surface area contributed by atoms with Crippen LogP contribution in [0.3, 0.4) is 0 Å². The number of Topliss-reactive ketones (excluding diaryl/α,β-unsaturated/α-hetero) is 1. The smallest absolute Gasteiger partial charge is 0.174 e. The van der Waals surface area contributed by atoms with E-state index in [4.69, 9.17) is 4.74 Å². The largest absolute Gasteiger partial charge is 0.507 e. The van der Waals surface area contributed by atoms with Gasteiger partial charge in [0.05, 0.1) is 7.11 Å². The molecule has 0 saturated heterocycles. The molecule has 0 aromatic heterocycles. The quantitative estimate of drug-likeness (QED) is 0.373. The molecule has 4 nitrogen and oxygen atoms in total. The second-order valence-electron chi connectivity index (χ2n) is 8.97. The molecular weight excluding hydrogens is 400 g/mol. The number of carbonyl (C=O) groups excluding carboxylic acids is 1. The molecule has 3 rings (SSSR count). The summed E-state index contributed by atoms with van der Waals surface area (Å²) < 4.78 is 5.48. The molecule has 2 atom stereocenters. The van der Waals surface area contributed by atoms with Gasteiger partial charge in [-0.05, 0) is 64.9 Å². The summed E-state index contributed by atoms with van der Waals surface area (Å²) in [5.41, 5.74) is 4.76. The maximum Gasteiger partial charge on any atom is 0.174 e. The first-order valence-electron chi connectivity index (χ1n) is 11.3. The van der Waals surface area contributed by atoms with Crippen LogP contribution in [0, 0.1) is 19.8 Å². The van der Waals surface area contributed by atoms with Crippen molar-refractivity contribution >= 4 is 5.78 Å². The summed E-state index contributed by atoms with van der Waals surface area (Å²) >= 11 is 0. The molecule has 0 aliphatic heterocycles. The number of ether oxygens (including phenoxy) is 1. The van der Waals surface area contributed by atoms with Crippen LogP contribution in [-0.4, -0.2) is 23.1 Å². The van der Waals surface area contributed by atoms with Gasteiger partial charge >= 0.3 is 0 Å². The molecule has 2 unspecified atom stereocenters. The van der Waals surface area contributed by atoms with Crippen molar-refractivity contribution in [1.82, 2.24) is 0 Å². The van der Waals surface area contributed by atoms with E-state index in [0.717, 1.165) is 24.8 Å². The van der Waals surface area contributed by atoms with Crippen LogP contribution in [0.15, 0.2) is 53.6 Å². The summed E-state index contributed by atoms with van der Waals surface area (Å²) in [5, 5.41) is 21.1. The molecule has 0 fully saturated rings. The van der Waals surface area contributed by atoms with Crippen molar-refractivity contribution < 1.29 is 19.7 Å². The van der Waals surface area contributed by atoms with Crippen molar-refractivity contribution in [2.75, 3.05) is 7.11 Å².